The number of likely N-dealkylation sites (tertiary alicyclic amines) is 1. The predicted molar refractivity (Wildman–Crippen MR) is 70.1 cm³/mol. The Morgan fingerprint density at radius 2 is 2.33 bits per heavy atom. The molecule has 0 bridgehead atoms. The number of pyridine rings is 1. The number of nitrogens with zero attached hydrogens (tertiary/aromatic N) is 2. The first-order chi connectivity index (χ1) is 8.52. The van der Waals surface area contributed by atoms with E-state index in [1.54, 1.807) is 0 Å². The Balaban J connectivity index is 0.000000232. The van der Waals surface area contributed by atoms with Crippen molar-refractivity contribution < 1.29 is 9.90 Å². The molecule has 2 heterocycles. The fourth-order valence-corrected chi connectivity index (χ4v) is 1.90. The number of rotatable bonds is 2. The quantitative estimate of drug-likeness (QED) is 0.827. The third-order valence-corrected chi connectivity index (χ3v) is 2.98. The number of hydrogen-bond acceptors (Lipinski definition) is 4. The minimum Gasteiger partial charge on any atom is -0.480 e. The molecular formula is C13H21N3O2. The van der Waals surface area contributed by atoms with Crippen LogP contribution in [0.4, 0.5) is 0 Å². The lowest BCUT2D eigenvalue weighted by atomic mass is 10.1. The van der Waals surface area contributed by atoms with Crippen molar-refractivity contribution in [2.45, 2.75) is 31.8 Å². The Morgan fingerprint density at radius 1 is 1.67 bits per heavy atom. The van der Waals surface area contributed by atoms with Crippen molar-refractivity contribution in [3.63, 3.8) is 0 Å². The van der Waals surface area contributed by atoms with Crippen LogP contribution in [0, 0.1) is 0 Å². The van der Waals surface area contributed by atoms with Crippen LogP contribution in [-0.4, -0.2) is 40.6 Å². The maximum Gasteiger partial charge on any atom is 0.320 e. The zero-order chi connectivity index (χ0) is 13.5. The van der Waals surface area contributed by atoms with Crippen molar-refractivity contribution in [1.82, 2.24) is 9.88 Å². The fourth-order valence-electron chi connectivity index (χ4n) is 1.90. The molecule has 0 spiro atoms. The normalized spacial score (nSPS) is 20.9. The molecule has 100 valence electrons. The molecule has 5 heteroatoms. The molecule has 0 aromatic carbocycles. The van der Waals surface area contributed by atoms with Gasteiger partial charge in [-0.05, 0) is 45.0 Å². The summed E-state index contributed by atoms with van der Waals surface area (Å²) in [6.07, 6.45) is 6.41. The van der Waals surface area contributed by atoms with Crippen LogP contribution in [0.15, 0.2) is 24.5 Å². The summed E-state index contributed by atoms with van der Waals surface area (Å²) in [6, 6.07) is 4.06. The molecule has 3 N–H and O–H groups in total. The highest BCUT2D eigenvalue weighted by molar-refractivity contribution is 5.72. The second kappa shape index (κ2) is 7.08. The maximum absolute atomic E-state index is 9.57. The number of aromatic nitrogens is 1. The van der Waals surface area contributed by atoms with Gasteiger partial charge in [0.2, 0.25) is 0 Å². The highest BCUT2D eigenvalue weighted by atomic mass is 16.4. The molecular weight excluding hydrogens is 230 g/mol. The minimum atomic E-state index is -0.963. The molecule has 2 unspecified atom stereocenters. The van der Waals surface area contributed by atoms with E-state index >= 15 is 0 Å². The van der Waals surface area contributed by atoms with E-state index < -0.39 is 12.0 Å². The van der Waals surface area contributed by atoms with Gasteiger partial charge < -0.3 is 10.8 Å². The molecule has 1 saturated heterocycles. The summed E-state index contributed by atoms with van der Waals surface area (Å²) >= 11 is 0. The molecule has 1 aromatic heterocycles. The van der Waals surface area contributed by atoms with Crippen LogP contribution in [0.3, 0.4) is 0 Å². The SMILES string of the molecule is CC(N)C(=O)O.CN1CCCC1c1cccnc1. The lowest BCUT2D eigenvalue weighted by molar-refractivity contribution is -0.138. The number of nitrogens with two attached hydrogens (primary N) is 1. The van der Waals surface area contributed by atoms with Crippen LogP contribution < -0.4 is 5.73 Å². The van der Waals surface area contributed by atoms with E-state index in [9.17, 15) is 4.79 Å². The highest BCUT2D eigenvalue weighted by Gasteiger charge is 2.21. The van der Waals surface area contributed by atoms with Crippen LogP contribution in [0.1, 0.15) is 31.4 Å². The van der Waals surface area contributed by atoms with Crippen molar-refractivity contribution in [3.8, 4) is 0 Å². The third kappa shape index (κ3) is 4.43. The van der Waals surface area contributed by atoms with E-state index in [4.69, 9.17) is 10.8 Å². The lowest BCUT2D eigenvalue weighted by Gasteiger charge is -2.18. The molecule has 1 aliphatic heterocycles. The lowest BCUT2D eigenvalue weighted by Crippen LogP contribution is -2.25. The molecule has 1 fully saturated rings. The largest absolute Gasteiger partial charge is 0.480 e. The average Bonchev–Trinajstić information content (AvgIpc) is 2.77. The van der Waals surface area contributed by atoms with E-state index in [0.717, 1.165) is 0 Å². The van der Waals surface area contributed by atoms with Gasteiger partial charge in [-0.2, -0.15) is 0 Å². The topological polar surface area (TPSA) is 79.5 Å². The van der Waals surface area contributed by atoms with Gasteiger partial charge in [0.25, 0.3) is 0 Å². The van der Waals surface area contributed by atoms with E-state index in [0.29, 0.717) is 6.04 Å². The summed E-state index contributed by atoms with van der Waals surface area (Å²) in [5.74, 6) is -0.963. The van der Waals surface area contributed by atoms with Crippen LogP contribution in [0.2, 0.25) is 0 Å². The van der Waals surface area contributed by atoms with Gasteiger partial charge >= 0.3 is 5.97 Å². The molecule has 1 aliphatic rings. The van der Waals surface area contributed by atoms with Gasteiger partial charge in [-0.15, -0.1) is 0 Å². The molecule has 1 aromatic rings. The fraction of sp³-hybridized carbons (Fsp3) is 0.538. The summed E-state index contributed by atoms with van der Waals surface area (Å²) in [4.78, 5) is 16.1. The Kier molecular flexibility index (Phi) is 5.74. The van der Waals surface area contributed by atoms with Gasteiger partial charge in [0.15, 0.2) is 0 Å². The van der Waals surface area contributed by atoms with Gasteiger partial charge in [-0.1, -0.05) is 6.07 Å². The first-order valence-corrected chi connectivity index (χ1v) is 6.11. The van der Waals surface area contributed by atoms with E-state index in [-0.39, 0.29) is 0 Å². The molecule has 0 amide bonds. The van der Waals surface area contributed by atoms with Crippen molar-refractivity contribution >= 4 is 5.97 Å². The summed E-state index contributed by atoms with van der Waals surface area (Å²) in [7, 11) is 2.19. The Labute approximate surface area is 108 Å². The summed E-state index contributed by atoms with van der Waals surface area (Å²) in [6.45, 7) is 2.64. The number of carboxylic acids is 1. The number of aliphatic carboxylic acids is 1. The first-order valence-electron chi connectivity index (χ1n) is 6.11. The predicted octanol–water partition coefficient (Wildman–Crippen LogP) is 1.27. The molecule has 2 atom stereocenters. The smallest absolute Gasteiger partial charge is 0.320 e. The van der Waals surface area contributed by atoms with Crippen LogP contribution in [0.25, 0.3) is 0 Å². The zero-order valence-electron chi connectivity index (χ0n) is 10.9. The molecule has 0 aliphatic carbocycles. The van der Waals surface area contributed by atoms with E-state index in [2.05, 4.69) is 23.0 Å². The number of carbonyl (C=O) groups is 1. The Morgan fingerprint density at radius 3 is 2.72 bits per heavy atom. The standard InChI is InChI=1S/C10H14N2.C3H7NO2/c1-12-7-3-5-10(12)9-4-2-6-11-8-9;1-2(4)3(5)6/h2,4,6,8,10H,3,5,7H2,1H3;2H,4H2,1H3,(H,5,6). The van der Waals surface area contributed by atoms with E-state index in [1.807, 2.05) is 18.5 Å². The molecule has 0 radical (unpaired) electrons. The van der Waals surface area contributed by atoms with E-state index in [1.165, 1.54) is 31.9 Å². The first kappa shape index (κ1) is 14.6. The van der Waals surface area contributed by atoms with Crippen molar-refractivity contribution in [1.29, 1.82) is 0 Å². The van der Waals surface area contributed by atoms with Crippen molar-refractivity contribution in [2.75, 3.05) is 13.6 Å². The minimum absolute atomic E-state index is 0.610. The summed E-state index contributed by atoms with van der Waals surface area (Å²) in [5, 5.41) is 7.87. The average molecular weight is 251 g/mol. The highest BCUT2D eigenvalue weighted by Crippen LogP contribution is 2.29. The van der Waals surface area contributed by atoms with Gasteiger partial charge in [-0.25, -0.2) is 0 Å². The summed E-state index contributed by atoms with van der Waals surface area (Å²) < 4.78 is 0. The molecule has 0 saturated carbocycles. The summed E-state index contributed by atoms with van der Waals surface area (Å²) in [5.41, 5.74) is 6.19. The van der Waals surface area contributed by atoms with Crippen LogP contribution in [0.5, 0.6) is 0 Å². The third-order valence-electron chi connectivity index (χ3n) is 2.98. The van der Waals surface area contributed by atoms with Gasteiger partial charge in [-0.3, -0.25) is 14.7 Å². The number of hydrogen-bond donors (Lipinski definition) is 2. The van der Waals surface area contributed by atoms with Crippen LogP contribution >= 0.6 is 0 Å². The van der Waals surface area contributed by atoms with Crippen LogP contribution in [-0.2, 0) is 4.79 Å². The van der Waals surface area contributed by atoms with Gasteiger partial charge in [0.1, 0.15) is 6.04 Å². The zero-order valence-corrected chi connectivity index (χ0v) is 10.9. The second-order valence-electron chi connectivity index (χ2n) is 4.55. The molecule has 2 rings (SSSR count). The van der Waals surface area contributed by atoms with Crippen molar-refractivity contribution in [3.05, 3.63) is 30.1 Å². The Hall–Kier alpha value is -1.46. The second-order valence-corrected chi connectivity index (χ2v) is 4.55. The number of carboxylic acid groups (broad SMARTS) is 1. The van der Waals surface area contributed by atoms with Gasteiger partial charge in [0.05, 0.1) is 0 Å². The Bertz CT molecular complexity index is 368. The van der Waals surface area contributed by atoms with Gasteiger partial charge in [0, 0.05) is 18.4 Å². The monoisotopic (exact) mass is 251 g/mol. The maximum atomic E-state index is 9.57. The molecule has 18 heavy (non-hydrogen) atoms. The molecule has 5 nitrogen and oxygen atoms in total. The van der Waals surface area contributed by atoms with Crippen molar-refractivity contribution in [2.24, 2.45) is 5.73 Å².